The molecule has 132 valence electrons. The maximum atomic E-state index is 11.9. The van der Waals surface area contributed by atoms with Gasteiger partial charge in [-0.1, -0.05) is 82.9 Å². The molecule has 1 rings (SSSR count). The van der Waals surface area contributed by atoms with Crippen LogP contribution in [0.3, 0.4) is 0 Å². The Morgan fingerprint density at radius 2 is 1.30 bits per heavy atom. The summed E-state index contributed by atoms with van der Waals surface area (Å²) in [7, 11) is -3.57. The first-order chi connectivity index (χ1) is 10.7. The summed E-state index contributed by atoms with van der Waals surface area (Å²) >= 11 is 0. The van der Waals surface area contributed by atoms with Crippen molar-refractivity contribution >= 4 is 33.2 Å². The minimum Gasteiger partial charge on any atom is -0.266 e. The van der Waals surface area contributed by atoms with E-state index in [1.165, 1.54) is 51.4 Å². The van der Waals surface area contributed by atoms with Gasteiger partial charge in [0.15, 0.2) is 0 Å². The zero-order chi connectivity index (χ0) is 16.1. The second-order valence-electron chi connectivity index (χ2n) is 5.77. The van der Waals surface area contributed by atoms with Gasteiger partial charge >= 0.3 is 0 Å². The van der Waals surface area contributed by atoms with Gasteiger partial charge in [0.25, 0.3) is 10.1 Å². The zero-order valence-electron chi connectivity index (χ0n) is 14.5. The molecule has 0 amide bonds. The molecule has 3 nitrogen and oxygen atoms in total. The van der Waals surface area contributed by atoms with Crippen molar-refractivity contribution in [2.75, 3.05) is 6.61 Å². The monoisotopic (exact) mass is 354 g/mol. The van der Waals surface area contributed by atoms with E-state index < -0.39 is 10.1 Å². The molecule has 0 spiro atoms. The van der Waals surface area contributed by atoms with Crippen LogP contribution in [0.15, 0.2) is 35.2 Å². The highest BCUT2D eigenvalue weighted by molar-refractivity contribution is 7.86. The molecule has 1 aromatic rings. The third-order valence-corrected chi connectivity index (χ3v) is 5.09. The second-order valence-corrected chi connectivity index (χ2v) is 7.39. The summed E-state index contributed by atoms with van der Waals surface area (Å²) in [6.07, 6.45) is 12.3. The average Bonchev–Trinajstić information content (AvgIpc) is 2.53. The van der Waals surface area contributed by atoms with Crippen LogP contribution in [0.1, 0.15) is 74.0 Å². The third-order valence-electron chi connectivity index (χ3n) is 3.77. The van der Waals surface area contributed by atoms with Crippen LogP contribution in [0.4, 0.5) is 0 Å². The molecule has 0 N–H and O–H groups in total. The fraction of sp³-hybridized carbons (Fsp3) is 0.667. The summed E-state index contributed by atoms with van der Waals surface area (Å²) in [5, 5.41) is 0. The fourth-order valence-corrected chi connectivity index (χ4v) is 3.38. The van der Waals surface area contributed by atoms with Crippen LogP contribution in [-0.4, -0.2) is 38.1 Å². The number of benzene rings is 1. The Hall–Kier alpha value is -0.104. The van der Waals surface area contributed by atoms with E-state index >= 15 is 0 Å². The highest BCUT2D eigenvalue weighted by atomic mass is 32.2. The molecule has 0 saturated heterocycles. The van der Waals surface area contributed by atoms with E-state index in [4.69, 9.17) is 4.18 Å². The Morgan fingerprint density at radius 3 is 1.83 bits per heavy atom. The first-order valence-electron chi connectivity index (χ1n) is 8.61. The first kappa shape index (κ1) is 22.9. The van der Waals surface area contributed by atoms with Gasteiger partial charge in [0.1, 0.15) is 0 Å². The Morgan fingerprint density at radius 1 is 0.826 bits per heavy atom. The SMILES string of the molecule is CCCCCCCCCCCCOS(=O)(=O)c1ccccc1.[HH].[HH].[Mg]. The summed E-state index contributed by atoms with van der Waals surface area (Å²) in [6, 6.07) is 8.33. The van der Waals surface area contributed by atoms with Crippen LogP contribution in [-0.2, 0) is 14.3 Å². The van der Waals surface area contributed by atoms with Crippen molar-refractivity contribution in [3.63, 3.8) is 0 Å². The van der Waals surface area contributed by atoms with Gasteiger partial charge in [-0.25, -0.2) is 0 Å². The van der Waals surface area contributed by atoms with Crippen LogP contribution in [0, 0.1) is 0 Å². The molecule has 1 aromatic carbocycles. The Balaban J connectivity index is -0.00000161. The molecule has 0 saturated carbocycles. The Bertz CT molecular complexity index is 484. The highest BCUT2D eigenvalue weighted by Gasteiger charge is 2.13. The Labute approximate surface area is 161 Å². The molecule has 0 unspecified atom stereocenters. The average molecular weight is 355 g/mol. The van der Waals surface area contributed by atoms with E-state index in [1.807, 2.05) is 0 Å². The number of hydrogen-bond donors (Lipinski definition) is 0. The van der Waals surface area contributed by atoms with Gasteiger partial charge < -0.3 is 0 Å². The maximum absolute atomic E-state index is 11.9. The minimum atomic E-state index is -3.57. The van der Waals surface area contributed by atoms with Crippen molar-refractivity contribution in [2.24, 2.45) is 0 Å². The van der Waals surface area contributed by atoms with Crippen molar-refractivity contribution in [3.05, 3.63) is 30.3 Å². The van der Waals surface area contributed by atoms with E-state index in [0.717, 1.165) is 12.8 Å². The van der Waals surface area contributed by atoms with Crippen molar-refractivity contribution in [1.29, 1.82) is 0 Å². The van der Waals surface area contributed by atoms with Crippen molar-refractivity contribution in [2.45, 2.75) is 76.0 Å². The normalized spacial score (nSPS) is 11.2. The van der Waals surface area contributed by atoms with Crippen LogP contribution in [0.5, 0.6) is 0 Å². The van der Waals surface area contributed by atoms with E-state index in [1.54, 1.807) is 30.3 Å². The van der Waals surface area contributed by atoms with Crippen LogP contribution < -0.4 is 0 Å². The van der Waals surface area contributed by atoms with Gasteiger partial charge in [-0.3, -0.25) is 4.18 Å². The van der Waals surface area contributed by atoms with Gasteiger partial charge in [-0.15, -0.1) is 0 Å². The smallest absolute Gasteiger partial charge is 0.266 e. The molecule has 0 heterocycles. The second kappa shape index (κ2) is 14.3. The lowest BCUT2D eigenvalue weighted by molar-refractivity contribution is 0.306. The molecule has 0 fully saturated rings. The zero-order valence-corrected chi connectivity index (χ0v) is 16.7. The van der Waals surface area contributed by atoms with E-state index in [9.17, 15) is 8.42 Å². The lowest BCUT2D eigenvalue weighted by atomic mass is 10.1. The Kier molecular flexibility index (Phi) is 14.2. The molecule has 23 heavy (non-hydrogen) atoms. The summed E-state index contributed by atoms with van der Waals surface area (Å²) < 4.78 is 28.8. The molecule has 5 heteroatoms. The predicted molar refractivity (Wildman–Crippen MR) is 101 cm³/mol. The topological polar surface area (TPSA) is 43.4 Å². The molecular weight excluding hydrogens is 321 g/mol. The summed E-state index contributed by atoms with van der Waals surface area (Å²) in [5.41, 5.74) is 0. The van der Waals surface area contributed by atoms with Gasteiger partial charge in [0, 0.05) is 25.9 Å². The van der Waals surface area contributed by atoms with E-state index in [0.29, 0.717) is 0 Å². The maximum Gasteiger partial charge on any atom is 0.296 e. The van der Waals surface area contributed by atoms with Crippen LogP contribution >= 0.6 is 0 Å². The molecule has 2 radical (unpaired) electrons. The molecule has 0 aliphatic carbocycles. The van der Waals surface area contributed by atoms with E-state index in [-0.39, 0.29) is 37.4 Å². The first-order valence-corrected chi connectivity index (χ1v) is 10.0. The van der Waals surface area contributed by atoms with Crippen molar-refractivity contribution in [3.8, 4) is 0 Å². The molecule has 0 aliphatic rings. The van der Waals surface area contributed by atoms with E-state index in [2.05, 4.69) is 6.92 Å². The summed E-state index contributed by atoms with van der Waals surface area (Å²) in [4.78, 5) is 0.238. The lowest BCUT2D eigenvalue weighted by Crippen LogP contribution is -2.07. The number of hydrogen-bond acceptors (Lipinski definition) is 3. The number of rotatable bonds is 13. The predicted octanol–water partition coefficient (Wildman–Crippen LogP) is 5.42. The van der Waals surface area contributed by atoms with Crippen LogP contribution in [0.25, 0.3) is 0 Å². The van der Waals surface area contributed by atoms with Gasteiger partial charge in [0.05, 0.1) is 11.5 Å². The standard InChI is InChI=1S/C18H30O3S.Mg.2H2/c1-2-3-4-5-6-7-8-9-10-14-17-21-22(19,20)18-15-12-11-13-16-18;;;/h11-13,15-16H,2-10,14,17H2,1H3;;2*1H. The molecule has 0 aromatic heterocycles. The van der Waals surface area contributed by atoms with Crippen molar-refractivity contribution < 1.29 is 15.5 Å². The summed E-state index contributed by atoms with van der Waals surface area (Å²) in [6.45, 7) is 2.52. The number of unbranched alkanes of at least 4 members (excludes halogenated alkanes) is 9. The minimum absolute atomic E-state index is 0. The summed E-state index contributed by atoms with van der Waals surface area (Å²) in [5.74, 6) is 0. The lowest BCUT2D eigenvalue weighted by Gasteiger charge is -2.05. The van der Waals surface area contributed by atoms with Crippen molar-refractivity contribution in [1.82, 2.24) is 0 Å². The molecule has 0 aliphatic heterocycles. The van der Waals surface area contributed by atoms with Crippen LogP contribution in [0.2, 0.25) is 0 Å². The fourth-order valence-electron chi connectivity index (χ4n) is 2.41. The van der Waals surface area contributed by atoms with Gasteiger partial charge in [0.2, 0.25) is 0 Å². The molecule has 0 bridgehead atoms. The molecular formula is C18H34MgO3S. The quantitative estimate of drug-likeness (QED) is 0.270. The molecule has 0 atom stereocenters. The van der Waals surface area contributed by atoms with Gasteiger partial charge in [-0.2, -0.15) is 8.42 Å². The van der Waals surface area contributed by atoms with Gasteiger partial charge in [-0.05, 0) is 18.6 Å². The third kappa shape index (κ3) is 11.1. The largest absolute Gasteiger partial charge is 0.296 e. The highest BCUT2D eigenvalue weighted by Crippen LogP contribution is 2.13.